The molecule has 0 saturated carbocycles. The van der Waals surface area contributed by atoms with Crippen molar-refractivity contribution in [1.82, 2.24) is 4.90 Å². The van der Waals surface area contributed by atoms with Crippen molar-refractivity contribution in [3.63, 3.8) is 0 Å². The van der Waals surface area contributed by atoms with E-state index in [0.29, 0.717) is 6.54 Å². The Morgan fingerprint density at radius 3 is 2.65 bits per heavy atom. The van der Waals surface area contributed by atoms with Gasteiger partial charge in [-0.05, 0) is 19.2 Å². The highest BCUT2D eigenvalue weighted by Gasteiger charge is 2.40. The van der Waals surface area contributed by atoms with Crippen LogP contribution < -0.4 is 10.5 Å². The molecule has 0 radical (unpaired) electrons. The first kappa shape index (κ1) is 12.4. The van der Waals surface area contributed by atoms with Crippen LogP contribution in [0, 0.1) is 0 Å². The quantitative estimate of drug-likeness (QED) is 0.865. The molecule has 0 fully saturated rings. The van der Waals surface area contributed by atoms with Gasteiger partial charge in [-0.1, -0.05) is 32.0 Å². The average molecular weight is 234 g/mol. The standard InChI is InChI=1S/C14H22N2O/c1-3-16(4-2)14(11-15)9-10-17-13-8-6-5-7-12(13)14/h5-8H,3-4,9-11,15H2,1-2H3. The van der Waals surface area contributed by atoms with Gasteiger partial charge in [0.1, 0.15) is 5.75 Å². The van der Waals surface area contributed by atoms with Gasteiger partial charge >= 0.3 is 0 Å². The molecule has 17 heavy (non-hydrogen) atoms. The Morgan fingerprint density at radius 2 is 2.00 bits per heavy atom. The fourth-order valence-corrected chi connectivity index (χ4v) is 2.94. The summed E-state index contributed by atoms with van der Waals surface area (Å²) in [6, 6.07) is 8.29. The molecule has 0 aliphatic carbocycles. The van der Waals surface area contributed by atoms with Crippen LogP contribution in [0.1, 0.15) is 25.8 Å². The molecule has 1 aromatic carbocycles. The Balaban J connectivity index is 2.48. The highest BCUT2D eigenvalue weighted by atomic mass is 16.5. The molecule has 1 heterocycles. The Bertz CT molecular complexity index is 376. The van der Waals surface area contributed by atoms with Crippen LogP contribution in [0.3, 0.4) is 0 Å². The molecule has 0 spiro atoms. The van der Waals surface area contributed by atoms with E-state index in [1.807, 2.05) is 12.1 Å². The third kappa shape index (κ3) is 1.94. The number of nitrogens with two attached hydrogens (primary N) is 1. The SMILES string of the molecule is CCN(CC)C1(CN)CCOc2ccccc21. The largest absolute Gasteiger partial charge is 0.493 e. The lowest BCUT2D eigenvalue weighted by Crippen LogP contribution is -2.53. The van der Waals surface area contributed by atoms with E-state index >= 15 is 0 Å². The van der Waals surface area contributed by atoms with Crippen molar-refractivity contribution in [2.24, 2.45) is 5.73 Å². The maximum Gasteiger partial charge on any atom is 0.124 e. The summed E-state index contributed by atoms with van der Waals surface area (Å²) in [6.07, 6.45) is 0.974. The van der Waals surface area contributed by atoms with E-state index in [9.17, 15) is 0 Å². The normalized spacial score (nSPS) is 23.3. The van der Waals surface area contributed by atoms with Crippen LogP contribution in [0.4, 0.5) is 0 Å². The third-order valence-electron chi connectivity index (χ3n) is 3.87. The molecule has 0 bridgehead atoms. The molecular weight excluding hydrogens is 212 g/mol. The summed E-state index contributed by atoms with van der Waals surface area (Å²) in [5.41, 5.74) is 7.31. The zero-order chi connectivity index (χ0) is 12.3. The number of hydrogen-bond donors (Lipinski definition) is 1. The first-order valence-electron chi connectivity index (χ1n) is 6.46. The number of hydrogen-bond acceptors (Lipinski definition) is 3. The second-order valence-electron chi connectivity index (χ2n) is 4.50. The molecule has 3 nitrogen and oxygen atoms in total. The summed E-state index contributed by atoms with van der Waals surface area (Å²) in [5.74, 6) is 0.996. The number of nitrogens with zero attached hydrogens (tertiary/aromatic N) is 1. The molecule has 0 saturated heterocycles. The van der Waals surface area contributed by atoms with Crippen molar-refractivity contribution in [1.29, 1.82) is 0 Å². The lowest BCUT2D eigenvalue weighted by molar-refractivity contribution is 0.0575. The van der Waals surface area contributed by atoms with E-state index < -0.39 is 0 Å². The second-order valence-corrected chi connectivity index (χ2v) is 4.50. The predicted molar refractivity (Wildman–Crippen MR) is 70.2 cm³/mol. The lowest BCUT2D eigenvalue weighted by Gasteiger charge is -2.46. The second kappa shape index (κ2) is 5.07. The Hall–Kier alpha value is -1.06. The highest BCUT2D eigenvalue weighted by Crippen LogP contribution is 2.40. The summed E-state index contributed by atoms with van der Waals surface area (Å²) in [5, 5.41) is 0. The first-order valence-corrected chi connectivity index (χ1v) is 6.46. The van der Waals surface area contributed by atoms with Crippen LogP contribution >= 0.6 is 0 Å². The Morgan fingerprint density at radius 1 is 1.29 bits per heavy atom. The topological polar surface area (TPSA) is 38.5 Å². The van der Waals surface area contributed by atoms with Gasteiger partial charge in [0.15, 0.2) is 0 Å². The molecule has 1 aliphatic rings. The van der Waals surface area contributed by atoms with Crippen molar-refractivity contribution in [2.45, 2.75) is 25.8 Å². The minimum Gasteiger partial charge on any atom is -0.493 e. The number of rotatable bonds is 4. The Kier molecular flexibility index (Phi) is 3.69. The van der Waals surface area contributed by atoms with Gasteiger partial charge in [-0.2, -0.15) is 0 Å². The van der Waals surface area contributed by atoms with Crippen molar-refractivity contribution in [3.8, 4) is 5.75 Å². The number of likely N-dealkylation sites (N-methyl/N-ethyl adjacent to an activating group) is 1. The highest BCUT2D eigenvalue weighted by molar-refractivity contribution is 5.41. The third-order valence-corrected chi connectivity index (χ3v) is 3.87. The maximum absolute atomic E-state index is 6.11. The Labute approximate surface area is 104 Å². The van der Waals surface area contributed by atoms with Gasteiger partial charge in [-0.15, -0.1) is 0 Å². The van der Waals surface area contributed by atoms with Gasteiger partial charge in [0.25, 0.3) is 0 Å². The van der Waals surface area contributed by atoms with Crippen molar-refractivity contribution in [2.75, 3.05) is 26.2 Å². The molecule has 1 atom stereocenters. The molecule has 0 amide bonds. The molecule has 1 aliphatic heterocycles. The number of benzene rings is 1. The maximum atomic E-state index is 6.11. The zero-order valence-corrected chi connectivity index (χ0v) is 10.8. The molecule has 94 valence electrons. The predicted octanol–water partition coefficient (Wildman–Crippen LogP) is 1.96. The van der Waals surface area contributed by atoms with Gasteiger partial charge < -0.3 is 10.5 Å². The van der Waals surface area contributed by atoms with E-state index in [4.69, 9.17) is 10.5 Å². The van der Waals surface area contributed by atoms with Crippen LogP contribution in [-0.4, -0.2) is 31.1 Å². The summed E-state index contributed by atoms with van der Waals surface area (Å²) in [4.78, 5) is 2.45. The fraction of sp³-hybridized carbons (Fsp3) is 0.571. The van der Waals surface area contributed by atoms with E-state index in [1.165, 1.54) is 5.56 Å². The number of fused-ring (bicyclic) bond motifs is 1. The molecule has 2 N–H and O–H groups in total. The molecular formula is C14H22N2O. The number of para-hydroxylation sites is 1. The van der Waals surface area contributed by atoms with Crippen LogP contribution in [0.5, 0.6) is 5.75 Å². The smallest absolute Gasteiger partial charge is 0.124 e. The van der Waals surface area contributed by atoms with Crippen LogP contribution in [0.25, 0.3) is 0 Å². The van der Waals surface area contributed by atoms with Crippen LogP contribution in [0.2, 0.25) is 0 Å². The minimum atomic E-state index is -0.0433. The van der Waals surface area contributed by atoms with Crippen molar-refractivity contribution >= 4 is 0 Å². The molecule has 3 heteroatoms. The first-order chi connectivity index (χ1) is 8.28. The van der Waals surface area contributed by atoms with Gasteiger partial charge in [-0.25, -0.2) is 0 Å². The summed E-state index contributed by atoms with van der Waals surface area (Å²) in [6.45, 7) is 7.82. The zero-order valence-electron chi connectivity index (χ0n) is 10.8. The fourth-order valence-electron chi connectivity index (χ4n) is 2.94. The van der Waals surface area contributed by atoms with Crippen molar-refractivity contribution in [3.05, 3.63) is 29.8 Å². The number of ether oxygens (including phenoxy) is 1. The van der Waals surface area contributed by atoms with Gasteiger partial charge in [0, 0.05) is 18.5 Å². The minimum absolute atomic E-state index is 0.0433. The van der Waals surface area contributed by atoms with Gasteiger partial charge in [0.05, 0.1) is 12.1 Å². The molecule has 0 aromatic heterocycles. The van der Waals surface area contributed by atoms with Gasteiger partial charge in [0.2, 0.25) is 0 Å². The van der Waals surface area contributed by atoms with E-state index in [-0.39, 0.29) is 5.54 Å². The van der Waals surface area contributed by atoms with E-state index in [2.05, 4.69) is 30.9 Å². The summed E-state index contributed by atoms with van der Waals surface area (Å²) < 4.78 is 5.74. The lowest BCUT2D eigenvalue weighted by atomic mass is 9.82. The average Bonchev–Trinajstić information content (AvgIpc) is 2.40. The summed E-state index contributed by atoms with van der Waals surface area (Å²) >= 11 is 0. The molecule has 2 rings (SSSR count). The monoisotopic (exact) mass is 234 g/mol. The molecule has 1 aromatic rings. The van der Waals surface area contributed by atoms with Crippen LogP contribution in [-0.2, 0) is 5.54 Å². The summed E-state index contributed by atoms with van der Waals surface area (Å²) in [7, 11) is 0. The van der Waals surface area contributed by atoms with Crippen molar-refractivity contribution < 1.29 is 4.74 Å². The van der Waals surface area contributed by atoms with Crippen LogP contribution in [0.15, 0.2) is 24.3 Å². The van der Waals surface area contributed by atoms with Gasteiger partial charge in [-0.3, -0.25) is 4.90 Å². The van der Waals surface area contributed by atoms with E-state index in [0.717, 1.165) is 31.9 Å². The molecule has 1 unspecified atom stereocenters. The van der Waals surface area contributed by atoms with E-state index in [1.54, 1.807) is 0 Å².